The van der Waals surface area contributed by atoms with Gasteiger partial charge in [0.1, 0.15) is 0 Å². The van der Waals surface area contributed by atoms with Crippen LogP contribution in [-0.2, 0) is 0 Å². The Morgan fingerprint density at radius 2 is 2.40 bits per heavy atom. The van der Waals surface area contributed by atoms with Crippen LogP contribution in [0.5, 0.6) is 0 Å². The largest absolute Gasteiger partial charge is 0.382 e. The molecule has 0 radical (unpaired) electrons. The Morgan fingerprint density at radius 3 is 3.13 bits per heavy atom. The summed E-state index contributed by atoms with van der Waals surface area (Å²) in [4.78, 5) is 0. The lowest BCUT2D eigenvalue weighted by atomic mass is 10.2. The van der Waals surface area contributed by atoms with E-state index >= 15 is 0 Å². The molecule has 1 aliphatic heterocycles. The molecule has 82 valence electrons. The zero-order chi connectivity index (χ0) is 10.7. The Kier molecular flexibility index (Phi) is 3.89. The normalized spacial score (nSPS) is 20.5. The van der Waals surface area contributed by atoms with E-state index in [4.69, 9.17) is 11.6 Å². The van der Waals surface area contributed by atoms with Crippen molar-refractivity contribution >= 4 is 33.2 Å². The highest BCUT2D eigenvalue weighted by molar-refractivity contribution is 9.10. The number of hydrogen-bond acceptors (Lipinski definition) is 2. The van der Waals surface area contributed by atoms with Gasteiger partial charge in [0.15, 0.2) is 0 Å². The number of nitrogens with one attached hydrogen (secondary N) is 2. The quantitative estimate of drug-likeness (QED) is 0.892. The van der Waals surface area contributed by atoms with Gasteiger partial charge in [-0.25, -0.2) is 0 Å². The third kappa shape index (κ3) is 3.10. The number of anilines is 1. The maximum atomic E-state index is 6.08. The Hall–Kier alpha value is -0.250. The highest BCUT2D eigenvalue weighted by Gasteiger charge is 2.13. The second-order valence-corrected chi connectivity index (χ2v) is 5.12. The first-order chi connectivity index (χ1) is 7.25. The minimum Gasteiger partial charge on any atom is -0.382 e. The predicted molar refractivity (Wildman–Crippen MR) is 68.7 cm³/mol. The summed E-state index contributed by atoms with van der Waals surface area (Å²) in [6.45, 7) is 2.08. The van der Waals surface area contributed by atoms with Crippen LogP contribution in [0.25, 0.3) is 0 Å². The molecular weight excluding hydrogens is 275 g/mol. The first-order valence-corrected chi connectivity index (χ1v) is 6.35. The molecule has 15 heavy (non-hydrogen) atoms. The topological polar surface area (TPSA) is 24.1 Å². The lowest BCUT2D eigenvalue weighted by Crippen LogP contribution is -2.29. The van der Waals surface area contributed by atoms with Gasteiger partial charge in [0.25, 0.3) is 0 Å². The van der Waals surface area contributed by atoms with Crippen molar-refractivity contribution in [2.75, 3.05) is 18.4 Å². The summed E-state index contributed by atoms with van der Waals surface area (Å²) in [7, 11) is 0. The van der Waals surface area contributed by atoms with Gasteiger partial charge in [0.2, 0.25) is 0 Å². The van der Waals surface area contributed by atoms with Crippen molar-refractivity contribution in [3.63, 3.8) is 0 Å². The van der Waals surface area contributed by atoms with Crippen LogP contribution in [0.15, 0.2) is 22.7 Å². The molecule has 1 heterocycles. The van der Waals surface area contributed by atoms with Gasteiger partial charge in [-0.1, -0.05) is 27.5 Å². The molecule has 0 spiro atoms. The molecule has 0 amide bonds. The maximum absolute atomic E-state index is 6.08. The van der Waals surface area contributed by atoms with Crippen LogP contribution in [-0.4, -0.2) is 19.1 Å². The molecule has 2 nitrogen and oxygen atoms in total. The lowest BCUT2D eigenvalue weighted by molar-refractivity contribution is 0.633. The molecule has 2 N–H and O–H groups in total. The number of halogens is 2. The maximum Gasteiger partial charge on any atom is 0.0638 e. The average Bonchev–Trinajstić information content (AvgIpc) is 2.72. The lowest BCUT2D eigenvalue weighted by Gasteiger charge is -2.13. The van der Waals surface area contributed by atoms with Crippen LogP contribution in [0.3, 0.4) is 0 Å². The number of rotatable bonds is 3. The molecule has 0 saturated carbocycles. The molecule has 2 rings (SSSR count). The third-order valence-electron chi connectivity index (χ3n) is 2.63. The first kappa shape index (κ1) is 11.2. The molecule has 1 aromatic carbocycles. The van der Waals surface area contributed by atoms with Gasteiger partial charge in [0.05, 0.1) is 10.7 Å². The van der Waals surface area contributed by atoms with Crippen molar-refractivity contribution in [3.05, 3.63) is 27.7 Å². The Morgan fingerprint density at radius 1 is 1.53 bits per heavy atom. The van der Waals surface area contributed by atoms with Crippen molar-refractivity contribution < 1.29 is 0 Å². The second kappa shape index (κ2) is 5.19. The Balaban J connectivity index is 1.94. The molecule has 1 aromatic rings. The molecule has 0 bridgehead atoms. The van der Waals surface area contributed by atoms with Crippen LogP contribution < -0.4 is 10.6 Å². The van der Waals surface area contributed by atoms with E-state index in [-0.39, 0.29) is 0 Å². The van der Waals surface area contributed by atoms with Gasteiger partial charge in [-0.2, -0.15) is 0 Å². The van der Waals surface area contributed by atoms with E-state index in [1.54, 1.807) is 0 Å². The average molecular weight is 290 g/mol. The minimum absolute atomic E-state index is 0.583. The summed E-state index contributed by atoms with van der Waals surface area (Å²) in [5.74, 6) is 0. The van der Waals surface area contributed by atoms with E-state index in [0.717, 1.165) is 28.3 Å². The minimum atomic E-state index is 0.583. The SMILES string of the molecule is Clc1ccc(Br)cc1NCC1CCCN1. The molecular formula is C11H14BrClN2. The zero-order valence-electron chi connectivity index (χ0n) is 8.39. The Labute approximate surface area is 104 Å². The van der Waals surface area contributed by atoms with Gasteiger partial charge in [-0.3, -0.25) is 0 Å². The van der Waals surface area contributed by atoms with E-state index in [9.17, 15) is 0 Å². The number of benzene rings is 1. The van der Waals surface area contributed by atoms with Crippen LogP contribution in [0, 0.1) is 0 Å². The summed E-state index contributed by atoms with van der Waals surface area (Å²) in [6, 6.07) is 6.44. The molecule has 0 aromatic heterocycles. The second-order valence-electron chi connectivity index (χ2n) is 3.80. The van der Waals surface area contributed by atoms with Crippen LogP contribution >= 0.6 is 27.5 Å². The predicted octanol–water partition coefficient (Wildman–Crippen LogP) is 3.27. The van der Waals surface area contributed by atoms with Crippen LogP contribution in [0.1, 0.15) is 12.8 Å². The van der Waals surface area contributed by atoms with Crippen molar-refractivity contribution in [2.45, 2.75) is 18.9 Å². The molecule has 1 atom stereocenters. The van der Waals surface area contributed by atoms with Gasteiger partial charge >= 0.3 is 0 Å². The molecule has 1 saturated heterocycles. The van der Waals surface area contributed by atoms with E-state index < -0.39 is 0 Å². The van der Waals surface area contributed by atoms with Gasteiger partial charge in [-0.05, 0) is 37.6 Å². The van der Waals surface area contributed by atoms with Gasteiger partial charge < -0.3 is 10.6 Å². The molecule has 1 unspecified atom stereocenters. The van der Waals surface area contributed by atoms with Gasteiger partial charge in [0, 0.05) is 17.1 Å². The summed E-state index contributed by atoms with van der Waals surface area (Å²) in [5, 5.41) is 7.59. The zero-order valence-corrected chi connectivity index (χ0v) is 10.7. The smallest absolute Gasteiger partial charge is 0.0638 e. The van der Waals surface area contributed by atoms with E-state index in [1.165, 1.54) is 12.8 Å². The van der Waals surface area contributed by atoms with Gasteiger partial charge in [-0.15, -0.1) is 0 Å². The van der Waals surface area contributed by atoms with Crippen LogP contribution in [0.4, 0.5) is 5.69 Å². The standard InChI is InChI=1S/C11H14BrClN2/c12-8-3-4-10(13)11(6-8)15-7-9-2-1-5-14-9/h3-4,6,9,14-15H,1-2,5,7H2. The Bertz CT molecular complexity index is 337. The van der Waals surface area contributed by atoms with E-state index in [2.05, 4.69) is 26.6 Å². The number of hydrogen-bond donors (Lipinski definition) is 2. The molecule has 0 aliphatic carbocycles. The fraction of sp³-hybridized carbons (Fsp3) is 0.455. The fourth-order valence-electron chi connectivity index (χ4n) is 1.80. The molecule has 1 aliphatic rings. The first-order valence-electron chi connectivity index (χ1n) is 5.18. The van der Waals surface area contributed by atoms with Crippen molar-refractivity contribution in [1.82, 2.24) is 5.32 Å². The van der Waals surface area contributed by atoms with E-state index in [1.807, 2.05) is 18.2 Å². The summed E-state index contributed by atoms with van der Waals surface area (Å²) < 4.78 is 1.05. The summed E-state index contributed by atoms with van der Waals surface area (Å²) >= 11 is 9.51. The van der Waals surface area contributed by atoms with Crippen molar-refractivity contribution in [1.29, 1.82) is 0 Å². The fourth-order valence-corrected chi connectivity index (χ4v) is 2.34. The highest BCUT2D eigenvalue weighted by atomic mass is 79.9. The molecule has 4 heteroatoms. The third-order valence-corrected chi connectivity index (χ3v) is 3.45. The van der Waals surface area contributed by atoms with E-state index in [0.29, 0.717) is 6.04 Å². The highest BCUT2D eigenvalue weighted by Crippen LogP contribution is 2.25. The van der Waals surface area contributed by atoms with Crippen LogP contribution in [0.2, 0.25) is 5.02 Å². The summed E-state index contributed by atoms with van der Waals surface area (Å²) in [5.41, 5.74) is 1.000. The van der Waals surface area contributed by atoms with Crippen molar-refractivity contribution in [3.8, 4) is 0 Å². The summed E-state index contributed by atoms with van der Waals surface area (Å²) in [6.07, 6.45) is 2.52. The monoisotopic (exact) mass is 288 g/mol. The molecule has 1 fully saturated rings. The van der Waals surface area contributed by atoms with Crippen molar-refractivity contribution in [2.24, 2.45) is 0 Å².